The van der Waals surface area contributed by atoms with Crippen molar-refractivity contribution in [3.8, 4) is 0 Å². The number of halogens is 2. The molecule has 1 N–H and O–H groups in total. The van der Waals surface area contributed by atoms with E-state index in [0.717, 1.165) is 11.1 Å². The molecule has 0 aliphatic rings. The number of benzene rings is 3. The van der Waals surface area contributed by atoms with Crippen LogP contribution in [0.2, 0.25) is 5.02 Å². The third kappa shape index (κ3) is 7.16. The van der Waals surface area contributed by atoms with E-state index in [0.29, 0.717) is 13.0 Å². The number of rotatable bonds is 10. The highest BCUT2D eigenvalue weighted by atomic mass is 35.5. The number of carbonyl (C=O) groups is 2. The van der Waals surface area contributed by atoms with Gasteiger partial charge in [-0.05, 0) is 29.2 Å². The van der Waals surface area contributed by atoms with Crippen molar-refractivity contribution in [2.24, 2.45) is 5.92 Å². The molecular formula is C28H30ClFN2O2. The van der Waals surface area contributed by atoms with Gasteiger partial charge in [-0.15, -0.1) is 0 Å². The molecule has 34 heavy (non-hydrogen) atoms. The highest BCUT2D eigenvalue weighted by Crippen LogP contribution is 2.22. The molecule has 0 heterocycles. The first-order valence-corrected chi connectivity index (χ1v) is 11.8. The van der Waals surface area contributed by atoms with Crippen molar-refractivity contribution in [2.45, 2.75) is 39.3 Å². The maximum Gasteiger partial charge on any atom is 0.243 e. The summed E-state index contributed by atoms with van der Waals surface area (Å²) >= 11 is 6.20. The molecule has 1 unspecified atom stereocenters. The van der Waals surface area contributed by atoms with Crippen molar-refractivity contribution < 1.29 is 14.0 Å². The van der Waals surface area contributed by atoms with E-state index in [9.17, 15) is 14.0 Å². The highest BCUT2D eigenvalue weighted by molar-refractivity contribution is 6.31. The average molecular weight is 481 g/mol. The first-order chi connectivity index (χ1) is 16.3. The summed E-state index contributed by atoms with van der Waals surface area (Å²) in [6.45, 7) is 4.74. The normalized spacial score (nSPS) is 11.8. The van der Waals surface area contributed by atoms with Crippen LogP contribution in [-0.4, -0.2) is 29.3 Å². The Hall–Kier alpha value is -3.18. The van der Waals surface area contributed by atoms with Gasteiger partial charge in [0, 0.05) is 30.1 Å². The van der Waals surface area contributed by atoms with Crippen molar-refractivity contribution in [1.29, 1.82) is 0 Å². The van der Waals surface area contributed by atoms with Crippen LogP contribution in [0.3, 0.4) is 0 Å². The van der Waals surface area contributed by atoms with Crippen molar-refractivity contribution in [2.75, 3.05) is 6.54 Å². The Kier molecular flexibility index (Phi) is 9.23. The molecule has 1 atom stereocenters. The van der Waals surface area contributed by atoms with Crippen LogP contribution in [0.25, 0.3) is 0 Å². The molecule has 3 rings (SSSR count). The van der Waals surface area contributed by atoms with Crippen LogP contribution in [-0.2, 0) is 29.0 Å². The van der Waals surface area contributed by atoms with Crippen LogP contribution in [0.15, 0.2) is 78.9 Å². The predicted octanol–water partition coefficient (Wildman–Crippen LogP) is 5.43. The molecule has 178 valence electrons. The minimum atomic E-state index is -0.764. The number of carbonyl (C=O) groups excluding carboxylic acids is 2. The van der Waals surface area contributed by atoms with Gasteiger partial charge in [0.2, 0.25) is 11.8 Å². The molecule has 0 saturated carbocycles. The van der Waals surface area contributed by atoms with Crippen molar-refractivity contribution >= 4 is 23.4 Å². The van der Waals surface area contributed by atoms with E-state index in [-0.39, 0.29) is 41.3 Å². The predicted molar refractivity (Wildman–Crippen MR) is 134 cm³/mol. The van der Waals surface area contributed by atoms with E-state index < -0.39 is 11.9 Å². The summed E-state index contributed by atoms with van der Waals surface area (Å²) in [4.78, 5) is 28.5. The fourth-order valence-corrected chi connectivity index (χ4v) is 3.94. The quantitative estimate of drug-likeness (QED) is 0.420. The summed E-state index contributed by atoms with van der Waals surface area (Å²) in [6, 6.07) is 22.6. The Morgan fingerprint density at radius 1 is 0.912 bits per heavy atom. The first kappa shape index (κ1) is 25.4. The van der Waals surface area contributed by atoms with E-state index in [1.54, 1.807) is 11.0 Å². The van der Waals surface area contributed by atoms with Gasteiger partial charge < -0.3 is 10.2 Å². The Balaban J connectivity index is 1.97. The number of nitrogens with zero attached hydrogens (tertiary/aromatic N) is 1. The summed E-state index contributed by atoms with van der Waals surface area (Å²) in [7, 11) is 0. The molecular weight excluding hydrogens is 451 g/mol. The van der Waals surface area contributed by atoms with Gasteiger partial charge in [0.15, 0.2) is 0 Å². The topological polar surface area (TPSA) is 49.4 Å². The molecule has 0 bridgehead atoms. The maximum atomic E-state index is 14.5. The zero-order chi connectivity index (χ0) is 24.5. The highest BCUT2D eigenvalue weighted by Gasteiger charge is 2.31. The summed E-state index contributed by atoms with van der Waals surface area (Å²) < 4.78 is 14.5. The standard InChI is InChI=1S/C28H30ClFN2O2/c1-20(2)18-31-28(34)26(16-21-10-5-3-6-11-21)32(19-22-12-7-4-8-13-22)27(33)17-23-24(29)14-9-15-25(23)30/h3-15,20,26H,16-19H2,1-2H3,(H,31,34). The number of nitrogens with one attached hydrogen (secondary N) is 1. The lowest BCUT2D eigenvalue weighted by Crippen LogP contribution is -2.51. The van der Waals surface area contributed by atoms with E-state index in [2.05, 4.69) is 5.32 Å². The monoisotopic (exact) mass is 480 g/mol. The van der Waals surface area contributed by atoms with Crippen LogP contribution in [0.4, 0.5) is 4.39 Å². The summed E-state index contributed by atoms with van der Waals surface area (Å²) in [5, 5.41) is 3.17. The summed E-state index contributed by atoms with van der Waals surface area (Å²) in [5.41, 5.74) is 1.94. The van der Waals surface area contributed by atoms with Gasteiger partial charge in [-0.2, -0.15) is 0 Å². The van der Waals surface area contributed by atoms with Gasteiger partial charge in [-0.3, -0.25) is 9.59 Å². The number of hydrogen-bond acceptors (Lipinski definition) is 2. The molecule has 0 aliphatic carbocycles. The van der Waals surface area contributed by atoms with E-state index in [4.69, 9.17) is 11.6 Å². The second kappa shape index (κ2) is 12.3. The molecule has 2 amide bonds. The fraction of sp³-hybridized carbons (Fsp3) is 0.286. The van der Waals surface area contributed by atoms with Crippen LogP contribution >= 0.6 is 11.6 Å². The number of amides is 2. The second-order valence-corrected chi connectivity index (χ2v) is 9.14. The molecule has 0 fully saturated rings. The lowest BCUT2D eigenvalue weighted by Gasteiger charge is -2.32. The molecule has 0 aliphatic heterocycles. The van der Waals surface area contributed by atoms with E-state index >= 15 is 0 Å². The van der Waals surface area contributed by atoms with Gasteiger partial charge in [-0.25, -0.2) is 4.39 Å². The molecule has 0 radical (unpaired) electrons. The number of hydrogen-bond donors (Lipinski definition) is 1. The van der Waals surface area contributed by atoms with Gasteiger partial charge in [-0.1, -0.05) is 92.2 Å². The first-order valence-electron chi connectivity index (χ1n) is 11.4. The van der Waals surface area contributed by atoms with Crippen molar-refractivity contribution in [3.05, 3.63) is 106 Å². The summed E-state index contributed by atoms with van der Waals surface area (Å²) in [5.74, 6) is -0.876. The Morgan fingerprint density at radius 3 is 2.12 bits per heavy atom. The van der Waals surface area contributed by atoms with E-state index in [1.807, 2.05) is 74.5 Å². The SMILES string of the molecule is CC(C)CNC(=O)C(Cc1ccccc1)N(Cc1ccccc1)C(=O)Cc1c(F)cccc1Cl. The van der Waals surface area contributed by atoms with Gasteiger partial charge in [0.05, 0.1) is 6.42 Å². The lowest BCUT2D eigenvalue weighted by atomic mass is 10.0. The Labute approximate surface area is 205 Å². The van der Waals surface area contributed by atoms with Crippen molar-refractivity contribution in [1.82, 2.24) is 10.2 Å². The fourth-order valence-electron chi connectivity index (χ4n) is 3.71. The van der Waals surface area contributed by atoms with E-state index in [1.165, 1.54) is 12.1 Å². The molecule has 3 aromatic carbocycles. The Morgan fingerprint density at radius 2 is 1.53 bits per heavy atom. The largest absolute Gasteiger partial charge is 0.354 e. The van der Waals surface area contributed by atoms with Crippen LogP contribution < -0.4 is 5.32 Å². The third-order valence-corrected chi connectivity index (χ3v) is 5.90. The molecule has 6 heteroatoms. The van der Waals surface area contributed by atoms with Crippen LogP contribution in [0, 0.1) is 11.7 Å². The Bertz CT molecular complexity index is 1070. The van der Waals surface area contributed by atoms with Crippen molar-refractivity contribution in [3.63, 3.8) is 0 Å². The molecule has 4 nitrogen and oxygen atoms in total. The smallest absolute Gasteiger partial charge is 0.243 e. The van der Waals surface area contributed by atoms with Crippen LogP contribution in [0.5, 0.6) is 0 Å². The zero-order valence-electron chi connectivity index (χ0n) is 19.5. The minimum absolute atomic E-state index is 0.133. The molecule has 0 spiro atoms. The van der Waals surface area contributed by atoms with Gasteiger partial charge >= 0.3 is 0 Å². The minimum Gasteiger partial charge on any atom is -0.354 e. The molecule has 0 saturated heterocycles. The summed E-state index contributed by atoms with van der Waals surface area (Å²) in [6.07, 6.45) is 0.107. The average Bonchev–Trinajstić information content (AvgIpc) is 2.83. The third-order valence-electron chi connectivity index (χ3n) is 5.54. The molecule has 3 aromatic rings. The van der Waals surface area contributed by atoms with Gasteiger partial charge in [0.1, 0.15) is 11.9 Å². The molecule has 0 aromatic heterocycles. The lowest BCUT2D eigenvalue weighted by molar-refractivity contribution is -0.140. The van der Waals surface area contributed by atoms with Crippen LogP contribution in [0.1, 0.15) is 30.5 Å². The zero-order valence-corrected chi connectivity index (χ0v) is 20.3. The maximum absolute atomic E-state index is 14.5. The second-order valence-electron chi connectivity index (χ2n) is 8.73. The van der Waals surface area contributed by atoms with Gasteiger partial charge in [0.25, 0.3) is 0 Å².